The molecular weight excluding hydrogens is 412 g/mol. The van der Waals surface area contributed by atoms with Crippen molar-refractivity contribution in [1.29, 1.82) is 0 Å². The normalized spacial score (nSPS) is 36.6. The summed E-state index contributed by atoms with van der Waals surface area (Å²) >= 11 is 1.14. The highest BCUT2D eigenvalue weighted by molar-refractivity contribution is 7.91. The van der Waals surface area contributed by atoms with Crippen LogP contribution in [0.1, 0.15) is 44.9 Å². The topological polar surface area (TPSA) is 130 Å². The smallest absolute Gasteiger partial charge is 0.251 e. The molecule has 5 aliphatic rings. The molecular formula is C19H26N4O4S2. The van der Waals surface area contributed by atoms with Crippen molar-refractivity contribution in [2.45, 2.75) is 60.7 Å². The van der Waals surface area contributed by atoms with Crippen LogP contribution in [0.3, 0.4) is 0 Å². The van der Waals surface area contributed by atoms with Gasteiger partial charge in [0.25, 0.3) is 10.0 Å². The van der Waals surface area contributed by atoms with Gasteiger partial charge >= 0.3 is 0 Å². The number of hydrogen-bond donors (Lipinski definition) is 4. The molecule has 29 heavy (non-hydrogen) atoms. The van der Waals surface area contributed by atoms with Gasteiger partial charge in [0.15, 0.2) is 0 Å². The number of amides is 2. The SMILES string of the molecule is NNC(=O)C12CC3CC(C1)C(NC(=O)C1(NS(=O)(=O)c4cccs4)CC1)C(C3)C2. The van der Waals surface area contributed by atoms with E-state index >= 15 is 0 Å². The molecule has 4 bridgehead atoms. The van der Waals surface area contributed by atoms with E-state index in [2.05, 4.69) is 15.5 Å². The van der Waals surface area contributed by atoms with Crippen LogP contribution in [0.25, 0.3) is 0 Å². The van der Waals surface area contributed by atoms with E-state index in [4.69, 9.17) is 5.84 Å². The van der Waals surface area contributed by atoms with Crippen LogP contribution in [0, 0.1) is 23.2 Å². The second-order valence-corrected chi connectivity index (χ2v) is 12.2. The van der Waals surface area contributed by atoms with Crippen LogP contribution in [0.5, 0.6) is 0 Å². The predicted molar refractivity (Wildman–Crippen MR) is 107 cm³/mol. The maximum Gasteiger partial charge on any atom is 0.251 e. The first kappa shape index (κ1) is 19.5. The molecule has 2 unspecified atom stereocenters. The Balaban J connectivity index is 1.30. The lowest BCUT2D eigenvalue weighted by Gasteiger charge is -2.59. The van der Waals surface area contributed by atoms with E-state index in [1.807, 2.05) is 0 Å². The number of carbonyl (C=O) groups excluding carboxylic acids is 2. The Labute approximate surface area is 174 Å². The lowest BCUT2D eigenvalue weighted by molar-refractivity contribution is -0.151. The molecule has 2 amide bonds. The number of rotatable bonds is 6. The fourth-order valence-corrected chi connectivity index (χ4v) is 8.62. The molecule has 2 atom stereocenters. The number of hydrogen-bond acceptors (Lipinski definition) is 6. The van der Waals surface area contributed by atoms with Crippen molar-refractivity contribution in [1.82, 2.24) is 15.5 Å². The number of thiophene rings is 1. The Kier molecular flexibility index (Phi) is 4.37. The molecule has 10 heteroatoms. The van der Waals surface area contributed by atoms with Crippen molar-refractivity contribution >= 4 is 33.2 Å². The molecule has 5 N–H and O–H groups in total. The summed E-state index contributed by atoms with van der Waals surface area (Å²) < 4.78 is 28.1. The summed E-state index contributed by atoms with van der Waals surface area (Å²) in [5.41, 5.74) is 0.913. The first-order chi connectivity index (χ1) is 13.8. The third kappa shape index (κ3) is 3.11. The molecule has 0 aliphatic heterocycles. The molecule has 0 radical (unpaired) electrons. The molecule has 5 aliphatic carbocycles. The lowest BCUT2D eigenvalue weighted by Crippen LogP contribution is -2.64. The van der Waals surface area contributed by atoms with Crippen LogP contribution in [0.4, 0.5) is 0 Å². The molecule has 0 saturated heterocycles. The largest absolute Gasteiger partial charge is 0.351 e. The Morgan fingerprint density at radius 3 is 2.34 bits per heavy atom. The van der Waals surface area contributed by atoms with Crippen molar-refractivity contribution in [2.75, 3.05) is 0 Å². The van der Waals surface area contributed by atoms with E-state index in [1.165, 1.54) is 0 Å². The van der Waals surface area contributed by atoms with Gasteiger partial charge in [-0.15, -0.1) is 11.3 Å². The summed E-state index contributed by atoms with van der Waals surface area (Å²) in [6.45, 7) is 0. The van der Waals surface area contributed by atoms with E-state index in [0.717, 1.165) is 43.4 Å². The van der Waals surface area contributed by atoms with Gasteiger partial charge in [0, 0.05) is 6.04 Å². The van der Waals surface area contributed by atoms with Gasteiger partial charge in [-0.25, -0.2) is 14.3 Å². The maximum atomic E-state index is 13.1. The highest BCUT2D eigenvalue weighted by Gasteiger charge is 2.60. The zero-order chi connectivity index (χ0) is 20.4. The van der Waals surface area contributed by atoms with Crippen LogP contribution in [0.15, 0.2) is 21.7 Å². The average molecular weight is 439 g/mol. The van der Waals surface area contributed by atoms with Gasteiger partial charge in [0.2, 0.25) is 11.8 Å². The molecule has 1 heterocycles. The monoisotopic (exact) mass is 438 g/mol. The number of sulfonamides is 1. The highest BCUT2D eigenvalue weighted by atomic mass is 32.2. The predicted octanol–water partition coefficient (Wildman–Crippen LogP) is 0.860. The maximum absolute atomic E-state index is 13.1. The standard InChI is InChI=1S/C19H26N4O4S2/c20-22-16(24)18-8-11-6-12(9-18)15(13(7-11)10-18)21-17(25)19(3-4-19)23-29(26,27)14-2-1-5-28-14/h1-2,5,11-13,15,23H,3-4,6-10,20H2,(H,21,25)(H,22,24). The Hall–Kier alpha value is -1.49. The minimum Gasteiger partial charge on any atom is -0.351 e. The molecule has 0 spiro atoms. The van der Waals surface area contributed by atoms with Crippen molar-refractivity contribution in [3.05, 3.63) is 17.5 Å². The summed E-state index contributed by atoms with van der Waals surface area (Å²) in [6, 6.07) is 3.23. The van der Waals surface area contributed by atoms with E-state index in [1.54, 1.807) is 17.5 Å². The quantitative estimate of drug-likeness (QED) is 0.297. The van der Waals surface area contributed by atoms with Crippen LogP contribution in [0.2, 0.25) is 0 Å². The molecule has 1 aromatic rings. The molecule has 8 nitrogen and oxygen atoms in total. The third-order valence-corrected chi connectivity index (χ3v) is 10.4. The second kappa shape index (κ2) is 6.50. The van der Waals surface area contributed by atoms with Crippen molar-refractivity contribution in [3.8, 4) is 0 Å². The first-order valence-corrected chi connectivity index (χ1v) is 12.5. The zero-order valence-corrected chi connectivity index (χ0v) is 17.7. The van der Waals surface area contributed by atoms with Gasteiger partial charge in [0.1, 0.15) is 9.75 Å². The Morgan fingerprint density at radius 2 is 1.79 bits per heavy atom. The molecule has 5 fully saturated rings. The third-order valence-electron chi connectivity index (χ3n) is 7.46. The minimum atomic E-state index is -3.70. The fraction of sp³-hybridized carbons (Fsp3) is 0.684. The van der Waals surface area contributed by atoms with E-state index < -0.39 is 21.0 Å². The molecule has 158 valence electrons. The lowest BCUT2D eigenvalue weighted by atomic mass is 9.47. The highest BCUT2D eigenvalue weighted by Crippen LogP contribution is 2.60. The number of nitrogens with two attached hydrogens (primary N) is 1. The Morgan fingerprint density at radius 1 is 1.10 bits per heavy atom. The number of nitrogens with one attached hydrogen (secondary N) is 3. The number of hydrazine groups is 1. The van der Waals surface area contributed by atoms with Gasteiger partial charge in [-0.05, 0) is 74.1 Å². The molecule has 1 aromatic heterocycles. The summed E-state index contributed by atoms with van der Waals surface area (Å²) in [7, 11) is -3.70. The van der Waals surface area contributed by atoms with Crippen molar-refractivity contribution < 1.29 is 18.0 Å². The van der Waals surface area contributed by atoms with Crippen molar-refractivity contribution in [2.24, 2.45) is 29.0 Å². The minimum absolute atomic E-state index is 0.00136. The van der Waals surface area contributed by atoms with Gasteiger partial charge < -0.3 is 5.32 Å². The van der Waals surface area contributed by atoms with Gasteiger partial charge in [-0.1, -0.05) is 6.07 Å². The number of carbonyl (C=O) groups is 2. The zero-order valence-electron chi connectivity index (χ0n) is 16.0. The summed E-state index contributed by atoms with van der Waals surface area (Å²) in [6.07, 6.45) is 5.39. The van der Waals surface area contributed by atoms with E-state index in [-0.39, 0.29) is 33.9 Å². The van der Waals surface area contributed by atoms with Crippen LogP contribution >= 0.6 is 11.3 Å². The van der Waals surface area contributed by atoms with Gasteiger partial charge in [0.05, 0.1) is 5.41 Å². The van der Waals surface area contributed by atoms with Crippen LogP contribution in [-0.2, 0) is 19.6 Å². The summed E-state index contributed by atoms with van der Waals surface area (Å²) in [4.78, 5) is 25.5. The van der Waals surface area contributed by atoms with E-state index in [9.17, 15) is 18.0 Å². The van der Waals surface area contributed by atoms with Gasteiger partial charge in [-0.2, -0.15) is 4.72 Å². The van der Waals surface area contributed by atoms with Crippen LogP contribution in [-0.4, -0.2) is 31.8 Å². The van der Waals surface area contributed by atoms with Crippen LogP contribution < -0.4 is 21.3 Å². The second-order valence-electron chi connectivity index (χ2n) is 9.34. The summed E-state index contributed by atoms with van der Waals surface area (Å²) in [5.74, 6) is 6.12. The average Bonchev–Trinajstić information content (AvgIpc) is 3.22. The van der Waals surface area contributed by atoms with Crippen molar-refractivity contribution in [3.63, 3.8) is 0 Å². The fourth-order valence-electron chi connectivity index (χ4n) is 6.21. The first-order valence-electron chi connectivity index (χ1n) is 10.2. The van der Waals surface area contributed by atoms with E-state index in [0.29, 0.717) is 18.8 Å². The van der Waals surface area contributed by atoms with Gasteiger partial charge in [-0.3, -0.25) is 15.0 Å². The summed E-state index contributed by atoms with van der Waals surface area (Å²) in [5, 5.41) is 4.89. The Bertz CT molecular complexity index is 925. The molecule has 6 rings (SSSR count). The molecule has 5 saturated carbocycles. The molecule has 0 aromatic carbocycles.